The monoisotopic (exact) mass is 185 g/mol. The van der Waals surface area contributed by atoms with Gasteiger partial charge in [0, 0.05) is 32.4 Å². The summed E-state index contributed by atoms with van der Waals surface area (Å²) < 4.78 is 0. The summed E-state index contributed by atoms with van der Waals surface area (Å²) in [6, 6.07) is 0. The topological polar surface area (TPSA) is 28.2 Å². The van der Waals surface area contributed by atoms with E-state index in [-0.39, 0.29) is 0 Å². The molecule has 0 fully saturated rings. The predicted molar refractivity (Wildman–Crippen MR) is 54.1 cm³/mol. The highest BCUT2D eigenvalue weighted by Gasteiger charge is 2.01. The molecule has 0 unspecified atom stereocenters. The van der Waals surface area contributed by atoms with Gasteiger partial charge in [0.1, 0.15) is 0 Å². The summed E-state index contributed by atoms with van der Waals surface area (Å²) in [5.41, 5.74) is 1.18. The minimum atomic E-state index is 0.997. The first-order valence-corrected chi connectivity index (χ1v) is 4.88. The molecule has 0 radical (unpaired) electrons. The van der Waals surface area contributed by atoms with Crippen LogP contribution in [0.25, 0.3) is 0 Å². The van der Waals surface area contributed by atoms with Gasteiger partial charge >= 0.3 is 0 Å². The smallest absolute Gasteiger partial charge is 0.184 e. The van der Waals surface area contributed by atoms with Gasteiger partial charge in [-0.1, -0.05) is 0 Å². The molecule has 68 valence electrons. The number of hydrogen-bond donors (Lipinski definition) is 1. The molecule has 12 heavy (non-hydrogen) atoms. The van der Waals surface area contributed by atoms with Crippen LogP contribution in [0.5, 0.6) is 0 Å². The van der Waals surface area contributed by atoms with Crippen LogP contribution in [0.3, 0.4) is 0 Å². The lowest BCUT2D eigenvalue weighted by Gasteiger charge is -2.05. The lowest BCUT2D eigenvalue weighted by molar-refractivity contribution is 0.779. The number of rotatable bonds is 4. The first kappa shape index (κ1) is 9.48. The molecule has 1 N–H and O–H groups in total. The van der Waals surface area contributed by atoms with E-state index < -0.39 is 0 Å². The molecule has 3 nitrogen and oxygen atoms in total. The zero-order valence-corrected chi connectivity index (χ0v) is 8.61. The third-order valence-corrected chi connectivity index (χ3v) is 2.61. The number of anilines is 1. The molecule has 0 saturated heterocycles. The van der Waals surface area contributed by atoms with Crippen molar-refractivity contribution in [3.05, 3.63) is 11.1 Å². The molecule has 4 heteroatoms. The van der Waals surface area contributed by atoms with Crippen molar-refractivity contribution in [2.75, 3.05) is 32.6 Å². The Hall–Kier alpha value is -0.610. The van der Waals surface area contributed by atoms with E-state index in [4.69, 9.17) is 0 Å². The van der Waals surface area contributed by atoms with Crippen LogP contribution in [-0.4, -0.2) is 32.7 Å². The maximum absolute atomic E-state index is 4.45. The molecule has 1 aromatic rings. The van der Waals surface area contributed by atoms with Crippen molar-refractivity contribution < 1.29 is 0 Å². The summed E-state index contributed by atoms with van der Waals surface area (Å²) in [4.78, 5) is 6.49. The van der Waals surface area contributed by atoms with Gasteiger partial charge in [-0.05, 0) is 7.05 Å². The molecule has 0 amide bonds. The molecular weight excluding hydrogens is 170 g/mol. The molecule has 0 bridgehead atoms. The molecule has 1 aromatic heterocycles. The first-order chi connectivity index (χ1) is 5.74. The fourth-order valence-electron chi connectivity index (χ4n) is 0.870. The van der Waals surface area contributed by atoms with Crippen LogP contribution >= 0.6 is 11.3 Å². The van der Waals surface area contributed by atoms with Gasteiger partial charge < -0.3 is 10.2 Å². The average Bonchev–Trinajstić information content (AvgIpc) is 2.48. The SMILES string of the molecule is CNCCc1csc(N(C)C)n1. The highest BCUT2D eigenvalue weighted by atomic mass is 32.1. The van der Waals surface area contributed by atoms with Crippen LogP contribution in [0.15, 0.2) is 5.38 Å². The molecule has 0 atom stereocenters. The lowest BCUT2D eigenvalue weighted by atomic mass is 10.3. The quantitative estimate of drug-likeness (QED) is 0.757. The summed E-state index contributed by atoms with van der Waals surface area (Å²) in [6.07, 6.45) is 1.01. The molecule has 0 saturated carbocycles. The fraction of sp³-hybridized carbons (Fsp3) is 0.625. The van der Waals surface area contributed by atoms with Crippen LogP contribution in [0.2, 0.25) is 0 Å². The Labute approximate surface area is 77.4 Å². The van der Waals surface area contributed by atoms with Gasteiger partial charge in [-0.15, -0.1) is 11.3 Å². The highest BCUT2D eigenvalue weighted by molar-refractivity contribution is 7.13. The van der Waals surface area contributed by atoms with E-state index in [1.54, 1.807) is 11.3 Å². The van der Waals surface area contributed by atoms with E-state index >= 15 is 0 Å². The van der Waals surface area contributed by atoms with Gasteiger partial charge in [0.2, 0.25) is 0 Å². The largest absolute Gasteiger partial charge is 0.354 e. The minimum Gasteiger partial charge on any atom is -0.354 e. The van der Waals surface area contributed by atoms with Gasteiger partial charge in [0.25, 0.3) is 0 Å². The number of thiazole rings is 1. The maximum Gasteiger partial charge on any atom is 0.184 e. The second-order valence-corrected chi connectivity index (χ2v) is 3.71. The molecule has 0 aliphatic carbocycles. The van der Waals surface area contributed by atoms with Crippen molar-refractivity contribution in [3.63, 3.8) is 0 Å². The van der Waals surface area contributed by atoms with Crippen LogP contribution in [-0.2, 0) is 6.42 Å². The number of aromatic nitrogens is 1. The van der Waals surface area contributed by atoms with Gasteiger partial charge in [0.05, 0.1) is 5.69 Å². The summed E-state index contributed by atoms with van der Waals surface area (Å²) >= 11 is 1.70. The van der Waals surface area contributed by atoms with Crippen LogP contribution < -0.4 is 10.2 Å². The molecule has 1 heterocycles. The Bertz CT molecular complexity index is 232. The fourth-order valence-corrected chi connectivity index (χ4v) is 1.66. The number of nitrogens with one attached hydrogen (secondary N) is 1. The number of hydrogen-bond acceptors (Lipinski definition) is 4. The standard InChI is InChI=1S/C8H15N3S/c1-9-5-4-7-6-12-8(10-7)11(2)3/h6,9H,4-5H2,1-3H3. The van der Waals surface area contributed by atoms with Crippen LogP contribution in [0.1, 0.15) is 5.69 Å². The molecular formula is C8H15N3S. The zero-order chi connectivity index (χ0) is 8.97. The Kier molecular flexibility index (Phi) is 3.49. The maximum atomic E-state index is 4.45. The normalized spacial score (nSPS) is 10.2. The first-order valence-electron chi connectivity index (χ1n) is 4.00. The van der Waals surface area contributed by atoms with Crippen molar-refractivity contribution in [2.24, 2.45) is 0 Å². The van der Waals surface area contributed by atoms with Crippen molar-refractivity contribution in [3.8, 4) is 0 Å². The number of nitrogens with zero attached hydrogens (tertiary/aromatic N) is 2. The Morgan fingerprint density at radius 1 is 1.58 bits per heavy atom. The van der Waals surface area contributed by atoms with E-state index in [1.165, 1.54) is 5.69 Å². The van der Waals surface area contributed by atoms with Crippen molar-refractivity contribution in [2.45, 2.75) is 6.42 Å². The summed E-state index contributed by atoms with van der Waals surface area (Å²) in [6.45, 7) is 0.997. The molecule has 1 rings (SSSR count). The zero-order valence-electron chi connectivity index (χ0n) is 7.79. The van der Waals surface area contributed by atoms with Crippen LogP contribution in [0, 0.1) is 0 Å². The lowest BCUT2D eigenvalue weighted by Crippen LogP contribution is -2.11. The number of likely N-dealkylation sites (N-methyl/N-ethyl adjacent to an activating group) is 1. The third kappa shape index (κ3) is 2.46. The van der Waals surface area contributed by atoms with E-state index in [2.05, 4.69) is 15.7 Å². The van der Waals surface area contributed by atoms with Gasteiger partial charge in [-0.25, -0.2) is 4.98 Å². The average molecular weight is 185 g/mol. The second kappa shape index (κ2) is 4.42. The van der Waals surface area contributed by atoms with E-state index in [0.29, 0.717) is 0 Å². The Morgan fingerprint density at radius 2 is 2.33 bits per heavy atom. The molecule has 0 aliphatic heterocycles. The molecule has 0 spiro atoms. The summed E-state index contributed by atoms with van der Waals surface area (Å²) in [5, 5.41) is 6.31. The Balaban J connectivity index is 2.52. The predicted octanol–water partition coefficient (Wildman–Crippen LogP) is 0.971. The van der Waals surface area contributed by atoms with Crippen LogP contribution in [0.4, 0.5) is 5.13 Å². The summed E-state index contributed by atoms with van der Waals surface area (Å²) in [5.74, 6) is 0. The van der Waals surface area contributed by atoms with E-state index in [9.17, 15) is 0 Å². The third-order valence-electron chi connectivity index (χ3n) is 1.55. The Morgan fingerprint density at radius 3 is 2.83 bits per heavy atom. The van der Waals surface area contributed by atoms with E-state index in [1.807, 2.05) is 26.0 Å². The van der Waals surface area contributed by atoms with E-state index in [0.717, 1.165) is 18.1 Å². The highest BCUT2D eigenvalue weighted by Crippen LogP contribution is 2.17. The minimum absolute atomic E-state index is 0.997. The van der Waals surface area contributed by atoms with Crippen molar-refractivity contribution >= 4 is 16.5 Å². The van der Waals surface area contributed by atoms with Gasteiger partial charge in [0.15, 0.2) is 5.13 Å². The van der Waals surface area contributed by atoms with Gasteiger partial charge in [-0.2, -0.15) is 0 Å². The molecule has 0 aromatic carbocycles. The van der Waals surface area contributed by atoms with Gasteiger partial charge in [-0.3, -0.25) is 0 Å². The van der Waals surface area contributed by atoms with Crippen molar-refractivity contribution in [1.82, 2.24) is 10.3 Å². The summed E-state index contributed by atoms with van der Waals surface area (Å²) in [7, 11) is 5.99. The molecule has 0 aliphatic rings. The second-order valence-electron chi connectivity index (χ2n) is 2.87. The van der Waals surface area contributed by atoms with Crippen molar-refractivity contribution in [1.29, 1.82) is 0 Å².